The Balaban J connectivity index is 1.28. The van der Waals surface area contributed by atoms with Crippen LogP contribution in [0.4, 0.5) is 0 Å². The summed E-state index contributed by atoms with van der Waals surface area (Å²) in [6, 6.07) is 20.6. The minimum Gasteiger partial charge on any atom is -0.497 e. The molecular weight excluding hydrogens is 380 g/mol. The highest BCUT2D eigenvalue weighted by atomic mass is 32.1. The quantitative estimate of drug-likeness (QED) is 0.638. The predicted molar refractivity (Wildman–Crippen MR) is 119 cm³/mol. The number of hydrogen-bond donors (Lipinski definition) is 1. The Kier molecular flexibility index (Phi) is 6.27. The number of rotatable bonds is 6. The number of likely N-dealkylation sites (tertiary alicyclic amines) is 1. The number of thiophene rings is 1. The molecule has 3 aromatic rings. The molecule has 0 saturated carbocycles. The fourth-order valence-electron chi connectivity index (χ4n) is 3.77. The summed E-state index contributed by atoms with van der Waals surface area (Å²) in [4.78, 5) is 16.3. The summed E-state index contributed by atoms with van der Waals surface area (Å²) in [5.41, 5.74) is 3.31. The number of ether oxygens (including phenoxy) is 1. The summed E-state index contributed by atoms with van der Waals surface area (Å²) < 4.78 is 5.15. The molecule has 1 aliphatic heterocycles. The van der Waals surface area contributed by atoms with E-state index < -0.39 is 0 Å². The molecular formula is C24H26N2O2S. The van der Waals surface area contributed by atoms with Gasteiger partial charge in [-0.25, -0.2) is 0 Å². The van der Waals surface area contributed by atoms with Gasteiger partial charge >= 0.3 is 0 Å². The third-order valence-electron chi connectivity index (χ3n) is 5.41. The highest BCUT2D eigenvalue weighted by Gasteiger charge is 2.21. The summed E-state index contributed by atoms with van der Waals surface area (Å²) in [5.74, 6) is 0.757. The van der Waals surface area contributed by atoms with Gasteiger partial charge < -0.3 is 10.1 Å². The van der Waals surface area contributed by atoms with E-state index in [1.54, 1.807) is 18.4 Å². The molecule has 0 radical (unpaired) electrons. The van der Waals surface area contributed by atoms with Crippen molar-refractivity contribution >= 4 is 17.2 Å². The molecule has 2 aromatic carbocycles. The van der Waals surface area contributed by atoms with E-state index in [9.17, 15) is 4.79 Å². The maximum absolute atomic E-state index is 12.5. The van der Waals surface area contributed by atoms with Gasteiger partial charge in [0.25, 0.3) is 5.91 Å². The SMILES string of the molecule is COc1ccc(C(=O)NC2CCN(Cc3cccc(-c4cccs4)c3)CC2)cc1. The lowest BCUT2D eigenvalue weighted by Gasteiger charge is -2.32. The van der Waals surface area contributed by atoms with Crippen molar-refractivity contribution in [3.8, 4) is 16.2 Å². The predicted octanol–water partition coefficient (Wildman–Crippen LogP) is 4.82. The van der Waals surface area contributed by atoms with Gasteiger partial charge in [0, 0.05) is 36.1 Å². The number of hydrogen-bond acceptors (Lipinski definition) is 4. The molecule has 5 heteroatoms. The molecule has 0 spiro atoms. The Morgan fingerprint density at radius 2 is 1.90 bits per heavy atom. The van der Waals surface area contributed by atoms with Gasteiger partial charge in [0.1, 0.15) is 5.75 Å². The number of piperidine rings is 1. The monoisotopic (exact) mass is 406 g/mol. The Morgan fingerprint density at radius 3 is 2.59 bits per heavy atom. The van der Waals surface area contributed by atoms with Crippen molar-refractivity contribution in [1.82, 2.24) is 10.2 Å². The van der Waals surface area contributed by atoms with Crippen LogP contribution in [0.2, 0.25) is 0 Å². The van der Waals surface area contributed by atoms with Gasteiger partial charge in [0.2, 0.25) is 0 Å². The molecule has 150 valence electrons. The van der Waals surface area contributed by atoms with E-state index in [4.69, 9.17) is 4.74 Å². The number of nitrogens with one attached hydrogen (secondary N) is 1. The molecule has 4 rings (SSSR count). The lowest BCUT2D eigenvalue weighted by molar-refractivity contribution is 0.0909. The summed E-state index contributed by atoms with van der Waals surface area (Å²) in [6.07, 6.45) is 1.96. The fraction of sp³-hybridized carbons (Fsp3) is 0.292. The minimum absolute atomic E-state index is 0.00486. The van der Waals surface area contributed by atoms with Crippen LogP contribution >= 0.6 is 11.3 Å². The number of carbonyl (C=O) groups is 1. The fourth-order valence-corrected chi connectivity index (χ4v) is 4.49. The van der Waals surface area contributed by atoms with Crippen LogP contribution in [0.25, 0.3) is 10.4 Å². The summed E-state index contributed by atoms with van der Waals surface area (Å²) in [5, 5.41) is 5.30. The van der Waals surface area contributed by atoms with Gasteiger partial charge in [-0.2, -0.15) is 0 Å². The van der Waals surface area contributed by atoms with Crippen molar-refractivity contribution in [3.63, 3.8) is 0 Å². The lowest BCUT2D eigenvalue weighted by Crippen LogP contribution is -2.44. The van der Waals surface area contributed by atoms with E-state index >= 15 is 0 Å². The first-order valence-electron chi connectivity index (χ1n) is 10.0. The van der Waals surface area contributed by atoms with E-state index in [1.165, 1.54) is 16.0 Å². The van der Waals surface area contributed by atoms with Crippen LogP contribution in [0, 0.1) is 0 Å². The molecule has 0 bridgehead atoms. The number of nitrogens with zero attached hydrogens (tertiary/aromatic N) is 1. The normalized spacial score (nSPS) is 15.2. The Labute approximate surface area is 176 Å². The summed E-state index contributed by atoms with van der Waals surface area (Å²) in [7, 11) is 1.63. The van der Waals surface area contributed by atoms with Gasteiger partial charge in [-0.05, 0) is 65.7 Å². The Morgan fingerprint density at radius 1 is 1.10 bits per heavy atom. The van der Waals surface area contributed by atoms with Crippen molar-refractivity contribution in [3.05, 3.63) is 77.2 Å². The Bertz CT molecular complexity index is 930. The highest BCUT2D eigenvalue weighted by Crippen LogP contribution is 2.26. The first-order chi connectivity index (χ1) is 14.2. The van der Waals surface area contributed by atoms with E-state index in [2.05, 4.69) is 52.0 Å². The van der Waals surface area contributed by atoms with Crippen molar-refractivity contribution in [2.75, 3.05) is 20.2 Å². The molecule has 4 nitrogen and oxygen atoms in total. The maximum Gasteiger partial charge on any atom is 0.251 e. The second-order valence-electron chi connectivity index (χ2n) is 7.43. The zero-order chi connectivity index (χ0) is 20.1. The molecule has 1 aliphatic rings. The highest BCUT2D eigenvalue weighted by molar-refractivity contribution is 7.13. The van der Waals surface area contributed by atoms with Crippen LogP contribution in [0.3, 0.4) is 0 Å². The molecule has 0 unspecified atom stereocenters. The second kappa shape index (κ2) is 9.25. The maximum atomic E-state index is 12.5. The molecule has 0 aliphatic carbocycles. The molecule has 1 aromatic heterocycles. The lowest BCUT2D eigenvalue weighted by atomic mass is 10.0. The number of amides is 1. The zero-order valence-corrected chi connectivity index (χ0v) is 17.5. The Hall–Kier alpha value is -2.63. The van der Waals surface area contributed by atoms with Crippen molar-refractivity contribution in [2.24, 2.45) is 0 Å². The van der Waals surface area contributed by atoms with Gasteiger partial charge in [-0.15, -0.1) is 11.3 Å². The molecule has 1 amide bonds. The standard InChI is InChI=1S/C24H26N2O2S/c1-28-22-9-7-19(8-10-22)24(27)25-21-11-13-26(14-12-21)17-18-4-2-5-20(16-18)23-6-3-15-29-23/h2-10,15-16,21H,11-14,17H2,1H3,(H,25,27). The molecule has 0 atom stereocenters. The number of benzene rings is 2. The van der Waals surface area contributed by atoms with E-state index in [-0.39, 0.29) is 11.9 Å². The molecule has 29 heavy (non-hydrogen) atoms. The number of carbonyl (C=O) groups excluding carboxylic acids is 1. The summed E-state index contributed by atoms with van der Waals surface area (Å²) in [6.45, 7) is 2.95. The molecule has 2 heterocycles. The van der Waals surface area contributed by atoms with Crippen LogP contribution in [-0.4, -0.2) is 37.0 Å². The molecule has 1 fully saturated rings. The first-order valence-corrected chi connectivity index (χ1v) is 10.9. The number of methoxy groups -OCH3 is 1. The van der Waals surface area contributed by atoms with Gasteiger partial charge in [0.05, 0.1) is 7.11 Å². The van der Waals surface area contributed by atoms with Crippen LogP contribution in [0.15, 0.2) is 66.0 Å². The first kappa shape index (κ1) is 19.7. The molecule has 1 N–H and O–H groups in total. The minimum atomic E-state index is -0.00486. The zero-order valence-electron chi connectivity index (χ0n) is 16.6. The average molecular weight is 407 g/mol. The van der Waals surface area contributed by atoms with Crippen molar-refractivity contribution in [2.45, 2.75) is 25.4 Å². The third-order valence-corrected chi connectivity index (χ3v) is 6.33. The average Bonchev–Trinajstić information content (AvgIpc) is 3.30. The van der Waals surface area contributed by atoms with Gasteiger partial charge in [-0.3, -0.25) is 9.69 Å². The van der Waals surface area contributed by atoms with Crippen LogP contribution in [0.1, 0.15) is 28.8 Å². The van der Waals surface area contributed by atoms with Crippen LogP contribution in [0.5, 0.6) is 5.75 Å². The van der Waals surface area contributed by atoms with Crippen LogP contribution < -0.4 is 10.1 Å². The molecule has 1 saturated heterocycles. The van der Waals surface area contributed by atoms with E-state index in [0.29, 0.717) is 5.56 Å². The van der Waals surface area contributed by atoms with Crippen molar-refractivity contribution < 1.29 is 9.53 Å². The topological polar surface area (TPSA) is 41.6 Å². The van der Waals surface area contributed by atoms with Gasteiger partial charge in [-0.1, -0.05) is 24.3 Å². The van der Waals surface area contributed by atoms with E-state index in [1.807, 2.05) is 24.3 Å². The largest absolute Gasteiger partial charge is 0.497 e. The van der Waals surface area contributed by atoms with Gasteiger partial charge in [0.15, 0.2) is 0 Å². The summed E-state index contributed by atoms with van der Waals surface area (Å²) >= 11 is 1.78. The second-order valence-corrected chi connectivity index (χ2v) is 8.38. The van der Waals surface area contributed by atoms with E-state index in [0.717, 1.165) is 38.2 Å². The smallest absolute Gasteiger partial charge is 0.251 e. The van der Waals surface area contributed by atoms with Crippen molar-refractivity contribution in [1.29, 1.82) is 0 Å². The third kappa shape index (κ3) is 5.05. The van der Waals surface area contributed by atoms with Crippen LogP contribution in [-0.2, 0) is 6.54 Å².